The van der Waals surface area contributed by atoms with E-state index < -0.39 is 11.9 Å². The molecule has 0 aliphatic carbocycles. The second-order valence-electron chi connectivity index (χ2n) is 7.70. The Kier molecular flexibility index (Phi) is 9.66. The van der Waals surface area contributed by atoms with Crippen LogP contribution < -0.4 is 11.1 Å². The van der Waals surface area contributed by atoms with Crippen LogP contribution in [0.4, 0.5) is 0 Å². The van der Waals surface area contributed by atoms with E-state index >= 15 is 0 Å². The summed E-state index contributed by atoms with van der Waals surface area (Å²) in [4.78, 5) is 31.3. The number of dihydropyridines is 1. The Morgan fingerprint density at radius 1 is 1.19 bits per heavy atom. The normalized spacial score (nSPS) is 13.5. The highest BCUT2D eigenvalue weighted by Gasteiger charge is 2.16. The molecule has 0 aromatic carbocycles. The minimum Gasteiger partial charge on any atom is -0.462 e. The smallest absolute Gasteiger partial charge is 0.337 e. The maximum absolute atomic E-state index is 12.6. The van der Waals surface area contributed by atoms with Gasteiger partial charge in [-0.3, -0.25) is 4.98 Å². The Morgan fingerprint density at radius 3 is 2.72 bits per heavy atom. The van der Waals surface area contributed by atoms with Crippen LogP contribution in [0.25, 0.3) is 0 Å². The van der Waals surface area contributed by atoms with Gasteiger partial charge in [-0.2, -0.15) is 0 Å². The summed E-state index contributed by atoms with van der Waals surface area (Å²) >= 11 is 1.65. The van der Waals surface area contributed by atoms with Gasteiger partial charge in [0.05, 0.1) is 40.6 Å². The lowest BCUT2D eigenvalue weighted by molar-refractivity contribution is -0.139. The number of thiophene rings is 1. The van der Waals surface area contributed by atoms with E-state index in [0.29, 0.717) is 29.9 Å². The van der Waals surface area contributed by atoms with Crippen LogP contribution in [-0.2, 0) is 25.5 Å². The summed E-state index contributed by atoms with van der Waals surface area (Å²) in [5.41, 5.74) is 9.38. The van der Waals surface area contributed by atoms with Gasteiger partial charge >= 0.3 is 11.9 Å². The molecule has 8 heteroatoms. The minimum atomic E-state index is -0.498. The summed E-state index contributed by atoms with van der Waals surface area (Å²) in [5.74, 6) is 5.40. The number of ether oxygens (including phenoxy) is 2. The third-order valence-corrected chi connectivity index (χ3v) is 5.89. The molecular weight excluding hydrogens is 474 g/mol. The maximum atomic E-state index is 12.6. The van der Waals surface area contributed by atoms with Crippen LogP contribution in [0.3, 0.4) is 0 Å². The Balaban J connectivity index is 1.81. The summed E-state index contributed by atoms with van der Waals surface area (Å²) in [6.07, 6.45) is 8.66. The highest BCUT2D eigenvalue weighted by molar-refractivity contribution is 7.12. The number of hydrogen-bond donors (Lipinski definition) is 2. The molecule has 0 atom stereocenters. The van der Waals surface area contributed by atoms with E-state index in [1.54, 1.807) is 49.6 Å². The molecule has 0 bridgehead atoms. The first-order valence-corrected chi connectivity index (χ1v) is 12.4. The number of rotatable bonds is 8. The molecule has 0 saturated carbocycles. The Morgan fingerprint density at radius 2 is 2.00 bits per heavy atom. The summed E-state index contributed by atoms with van der Waals surface area (Å²) in [7, 11) is 0. The Labute approximate surface area is 215 Å². The topological polar surface area (TPSA) is 104 Å². The number of aromatic nitrogens is 1. The molecule has 2 aromatic rings. The number of nitrogens with one attached hydrogen (secondary N) is 1. The van der Waals surface area contributed by atoms with Crippen molar-refractivity contribution in [2.45, 2.75) is 27.2 Å². The molecule has 0 fully saturated rings. The molecule has 0 radical (unpaired) electrons. The van der Waals surface area contributed by atoms with E-state index in [4.69, 9.17) is 15.2 Å². The highest BCUT2D eigenvalue weighted by Crippen LogP contribution is 2.16. The highest BCUT2D eigenvalue weighted by atomic mass is 32.1. The average Bonchev–Trinajstić information content (AvgIpc) is 3.30. The molecule has 3 rings (SSSR count). The largest absolute Gasteiger partial charge is 0.462 e. The third-order valence-electron chi connectivity index (χ3n) is 4.98. The average molecular weight is 504 g/mol. The van der Waals surface area contributed by atoms with Gasteiger partial charge in [-0.15, -0.1) is 11.3 Å². The van der Waals surface area contributed by atoms with Gasteiger partial charge in [-0.25, -0.2) is 9.59 Å². The molecule has 36 heavy (non-hydrogen) atoms. The van der Waals surface area contributed by atoms with Crippen molar-refractivity contribution in [2.24, 2.45) is 5.73 Å². The predicted octanol–water partition coefficient (Wildman–Crippen LogP) is 3.70. The molecule has 3 heterocycles. The van der Waals surface area contributed by atoms with E-state index in [2.05, 4.69) is 22.1 Å². The van der Waals surface area contributed by atoms with E-state index in [1.165, 1.54) is 11.0 Å². The van der Waals surface area contributed by atoms with Crippen LogP contribution in [-0.4, -0.2) is 36.7 Å². The van der Waals surface area contributed by atoms with Gasteiger partial charge in [0.15, 0.2) is 0 Å². The number of aryl methyl sites for hydroxylation is 1. The van der Waals surface area contributed by atoms with Crippen LogP contribution in [0.1, 0.15) is 34.9 Å². The van der Waals surface area contributed by atoms with Gasteiger partial charge in [-0.05, 0) is 57.2 Å². The Hall–Kier alpha value is -4.09. The van der Waals surface area contributed by atoms with Gasteiger partial charge < -0.3 is 20.5 Å². The minimum absolute atomic E-state index is 0.228. The van der Waals surface area contributed by atoms with Gasteiger partial charge in [0, 0.05) is 35.3 Å². The molecule has 3 N–H and O–H groups in total. The fourth-order valence-electron chi connectivity index (χ4n) is 3.26. The van der Waals surface area contributed by atoms with Crippen LogP contribution in [0.15, 0.2) is 77.3 Å². The number of carbonyl (C=O) groups is 2. The number of carbonyl (C=O) groups excluding carboxylic acids is 2. The van der Waals surface area contributed by atoms with Crippen molar-refractivity contribution in [1.29, 1.82) is 0 Å². The fraction of sp³-hybridized carbons (Fsp3) is 0.250. The van der Waals surface area contributed by atoms with Crippen molar-refractivity contribution in [3.05, 3.63) is 98.3 Å². The van der Waals surface area contributed by atoms with Gasteiger partial charge in [0.25, 0.3) is 0 Å². The number of esters is 2. The second kappa shape index (κ2) is 13.1. The van der Waals surface area contributed by atoms with Crippen molar-refractivity contribution in [3.63, 3.8) is 0 Å². The predicted molar refractivity (Wildman–Crippen MR) is 141 cm³/mol. The number of pyridine rings is 1. The lowest BCUT2D eigenvalue weighted by atomic mass is 10.1. The van der Waals surface area contributed by atoms with Crippen LogP contribution in [0, 0.1) is 18.8 Å². The number of nitrogens with two attached hydrogens (primary N) is 1. The molecule has 0 amide bonds. The zero-order valence-corrected chi connectivity index (χ0v) is 21.4. The zero-order valence-electron chi connectivity index (χ0n) is 20.6. The standard InChI is InChI=1S/C28H29N3O4S/c1-4-34-27(32)21(17-25(29)26-18-22(13-15-31-26)28(33)35-5-2)8-9-23-16-20(12-14-30-23)7-11-24-10-6-19(3)36-24/h6,8,10,12-14,16-18,31H,4-5,9,15,29H2,1-3H3/b21-8+,25-17-. The van der Waals surface area contributed by atoms with Crippen LogP contribution in [0.2, 0.25) is 0 Å². The summed E-state index contributed by atoms with van der Waals surface area (Å²) in [5, 5.41) is 3.11. The SMILES string of the molecule is CCOC(=O)C1=CCNC(/C(N)=C/C(=C\Cc2cc(C#Cc3ccc(C)s3)ccn2)C(=O)OCC)=C1. The van der Waals surface area contributed by atoms with Crippen molar-refractivity contribution in [1.82, 2.24) is 10.3 Å². The zero-order chi connectivity index (χ0) is 25.9. The number of nitrogens with zero attached hydrogens (tertiary/aromatic N) is 1. The van der Waals surface area contributed by atoms with Crippen molar-refractivity contribution in [2.75, 3.05) is 19.8 Å². The molecule has 186 valence electrons. The molecule has 1 aliphatic heterocycles. The first kappa shape index (κ1) is 26.5. The first-order valence-electron chi connectivity index (χ1n) is 11.6. The lowest BCUT2D eigenvalue weighted by Gasteiger charge is -2.16. The second-order valence-corrected chi connectivity index (χ2v) is 8.99. The summed E-state index contributed by atoms with van der Waals surface area (Å²) in [6, 6.07) is 7.78. The van der Waals surface area contributed by atoms with E-state index in [0.717, 1.165) is 16.1 Å². The Bertz CT molecular complexity index is 1310. The van der Waals surface area contributed by atoms with Gasteiger partial charge in [0.1, 0.15) is 0 Å². The molecule has 0 saturated heterocycles. The molecule has 1 aliphatic rings. The molecular formula is C28H29N3O4S. The molecule has 7 nitrogen and oxygen atoms in total. The van der Waals surface area contributed by atoms with Gasteiger partial charge in [-0.1, -0.05) is 24.0 Å². The number of allylic oxidation sites excluding steroid dienone is 1. The lowest BCUT2D eigenvalue weighted by Crippen LogP contribution is -2.24. The van der Waals surface area contributed by atoms with E-state index in [9.17, 15) is 9.59 Å². The molecule has 2 aromatic heterocycles. The van der Waals surface area contributed by atoms with E-state index in [-0.39, 0.29) is 18.8 Å². The van der Waals surface area contributed by atoms with Crippen molar-refractivity contribution in [3.8, 4) is 11.8 Å². The van der Waals surface area contributed by atoms with Gasteiger partial charge in [0.2, 0.25) is 0 Å². The summed E-state index contributed by atoms with van der Waals surface area (Å²) < 4.78 is 10.3. The first-order chi connectivity index (χ1) is 17.4. The monoisotopic (exact) mass is 503 g/mol. The maximum Gasteiger partial charge on any atom is 0.337 e. The van der Waals surface area contributed by atoms with Crippen molar-refractivity contribution < 1.29 is 19.1 Å². The quantitative estimate of drug-likeness (QED) is 0.245. The third kappa shape index (κ3) is 7.72. The van der Waals surface area contributed by atoms with Crippen molar-refractivity contribution >= 4 is 23.3 Å². The number of hydrogen-bond acceptors (Lipinski definition) is 8. The van der Waals surface area contributed by atoms with E-state index in [1.807, 2.05) is 31.2 Å². The van der Waals surface area contributed by atoms with Crippen LogP contribution in [0.5, 0.6) is 0 Å². The van der Waals surface area contributed by atoms with Crippen LogP contribution >= 0.6 is 11.3 Å². The fourth-order valence-corrected chi connectivity index (χ4v) is 3.98. The summed E-state index contributed by atoms with van der Waals surface area (Å²) in [6.45, 7) is 6.45. The molecule has 0 unspecified atom stereocenters. The molecule has 0 spiro atoms.